The summed E-state index contributed by atoms with van der Waals surface area (Å²) in [5.41, 5.74) is 9.52. The maximum absolute atomic E-state index is 12.4. The molecule has 4 rings (SSSR count). The monoisotopic (exact) mass is 364 g/mol. The van der Waals surface area contributed by atoms with Gasteiger partial charge < -0.3 is 15.6 Å². The standard InChI is InChI=1S/C20H24N6O/c1-13-3-4-17-15(9-13)11-16(19(27)23-17)12-25-5-7-26(8-6-25)18-10-14(2)22-20(21)24-18/h3-4,9-11H,5-8,12H2,1-2H3,(H,23,27)(H2,21,22,24). The summed E-state index contributed by atoms with van der Waals surface area (Å²) < 4.78 is 0. The smallest absolute Gasteiger partial charge is 0.252 e. The van der Waals surface area contributed by atoms with Crippen molar-refractivity contribution < 1.29 is 0 Å². The molecule has 0 radical (unpaired) electrons. The number of aryl methyl sites for hydroxylation is 2. The number of hydrogen-bond acceptors (Lipinski definition) is 6. The minimum absolute atomic E-state index is 0.00650. The molecule has 7 heteroatoms. The van der Waals surface area contributed by atoms with Gasteiger partial charge in [0.25, 0.3) is 5.56 Å². The maximum Gasteiger partial charge on any atom is 0.252 e. The van der Waals surface area contributed by atoms with Gasteiger partial charge >= 0.3 is 0 Å². The van der Waals surface area contributed by atoms with Gasteiger partial charge in [-0.25, -0.2) is 4.98 Å². The highest BCUT2D eigenvalue weighted by Gasteiger charge is 2.20. The van der Waals surface area contributed by atoms with Crippen molar-refractivity contribution in [3.8, 4) is 0 Å². The third-order valence-corrected chi connectivity index (χ3v) is 5.02. The molecular weight excluding hydrogens is 340 g/mol. The van der Waals surface area contributed by atoms with Gasteiger partial charge in [0.15, 0.2) is 0 Å². The van der Waals surface area contributed by atoms with Crippen molar-refractivity contribution >= 4 is 22.7 Å². The van der Waals surface area contributed by atoms with Crippen molar-refractivity contribution in [2.75, 3.05) is 36.8 Å². The van der Waals surface area contributed by atoms with Crippen molar-refractivity contribution in [2.24, 2.45) is 0 Å². The van der Waals surface area contributed by atoms with Crippen molar-refractivity contribution in [3.63, 3.8) is 0 Å². The highest BCUT2D eigenvalue weighted by atomic mass is 16.1. The molecule has 1 aliphatic heterocycles. The number of aromatic amines is 1. The lowest BCUT2D eigenvalue weighted by Gasteiger charge is -2.35. The fourth-order valence-corrected chi connectivity index (χ4v) is 3.60. The number of nitrogen functional groups attached to an aromatic ring is 1. The fraction of sp³-hybridized carbons (Fsp3) is 0.350. The second kappa shape index (κ2) is 7.00. The largest absolute Gasteiger partial charge is 0.368 e. The van der Waals surface area contributed by atoms with Gasteiger partial charge in [-0.15, -0.1) is 0 Å². The summed E-state index contributed by atoms with van der Waals surface area (Å²) in [6, 6.07) is 10.1. The van der Waals surface area contributed by atoms with Crippen LogP contribution in [0.15, 0.2) is 35.1 Å². The molecule has 7 nitrogen and oxygen atoms in total. The van der Waals surface area contributed by atoms with Crippen molar-refractivity contribution in [3.05, 3.63) is 57.5 Å². The Hall–Kier alpha value is -2.93. The number of benzene rings is 1. The van der Waals surface area contributed by atoms with Gasteiger partial charge in [-0.05, 0) is 37.4 Å². The van der Waals surface area contributed by atoms with Crippen LogP contribution in [0.25, 0.3) is 10.9 Å². The molecular formula is C20H24N6O. The lowest BCUT2D eigenvalue weighted by molar-refractivity contribution is 0.248. The topological polar surface area (TPSA) is 91.1 Å². The molecule has 0 spiro atoms. The van der Waals surface area contributed by atoms with E-state index in [1.54, 1.807) is 0 Å². The Morgan fingerprint density at radius 3 is 2.59 bits per heavy atom. The number of pyridine rings is 1. The normalized spacial score (nSPS) is 15.4. The summed E-state index contributed by atoms with van der Waals surface area (Å²) in [5, 5.41) is 1.08. The molecule has 3 heterocycles. The van der Waals surface area contributed by atoms with E-state index in [1.165, 1.54) is 5.56 Å². The van der Waals surface area contributed by atoms with E-state index < -0.39 is 0 Å². The van der Waals surface area contributed by atoms with Gasteiger partial charge in [-0.2, -0.15) is 4.98 Å². The quantitative estimate of drug-likeness (QED) is 0.737. The third-order valence-electron chi connectivity index (χ3n) is 5.02. The van der Waals surface area contributed by atoms with Crippen LogP contribution in [0.3, 0.4) is 0 Å². The molecule has 3 N–H and O–H groups in total. The van der Waals surface area contributed by atoms with E-state index >= 15 is 0 Å². The first kappa shape index (κ1) is 17.5. The first-order chi connectivity index (χ1) is 13.0. The van der Waals surface area contributed by atoms with E-state index in [0.717, 1.165) is 54.2 Å². The zero-order valence-electron chi connectivity index (χ0n) is 15.7. The average Bonchev–Trinajstić information content (AvgIpc) is 2.62. The van der Waals surface area contributed by atoms with Gasteiger partial charge in [-0.1, -0.05) is 11.6 Å². The van der Waals surface area contributed by atoms with Gasteiger partial charge in [-0.3, -0.25) is 9.69 Å². The number of nitrogens with zero attached hydrogens (tertiary/aromatic N) is 4. The van der Waals surface area contributed by atoms with E-state index in [0.29, 0.717) is 12.5 Å². The fourth-order valence-electron chi connectivity index (χ4n) is 3.60. The number of hydrogen-bond donors (Lipinski definition) is 2. The number of nitrogens with two attached hydrogens (primary N) is 1. The molecule has 3 aromatic rings. The molecule has 1 saturated heterocycles. The summed E-state index contributed by atoms with van der Waals surface area (Å²) in [7, 11) is 0. The number of aromatic nitrogens is 3. The van der Waals surface area contributed by atoms with Crippen molar-refractivity contribution in [1.82, 2.24) is 19.9 Å². The first-order valence-electron chi connectivity index (χ1n) is 9.19. The molecule has 2 aromatic heterocycles. The molecule has 27 heavy (non-hydrogen) atoms. The van der Waals surface area contributed by atoms with Crippen LogP contribution in [-0.4, -0.2) is 46.0 Å². The summed E-state index contributed by atoms with van der Waals surface area (Å²) in [6.07, 6.45) is 0. The summed E-state index contributed by atoms with van der Waals surface area (Å²) in [5.74, 6) is 1.18. The highest BCUT2D eigenvalue weighted by molar-refractivity contribution is 5.79. The Morgan fingerprint density at radius 1 is 1.07 bits per heavy atom. The van der Waals surface area contributed by atoms with Crippen LogP contribution in [0.5, 0.6) is 0 Å². The molecule has 0 amide bonds. The second-order valence-corrected chi connectivity index (χ2v) is 7.20. The van der Waals surface area contributed by atoms with Gasteiger partial charge in [0.05, 0.1) is 0 Å². The number of nitrogens with one attached hydrogen (secondary N) is 1. The highest BCUT2D eigenvalue weighted by Crippen LogP contribution is 2.18. The molecule has 0 bridgehead atoms. The molecule has 1 aromatic carbocycles. The molecule has 0 unspecified atom stereocenters. The summed E-state index contributed by atoms with van der Waals surface area (Å²) in [4.78, 5) is 28.4. The van der Waals surface area contributed by atoms with E-state index in [2.05, 4.69) is 37.7 Å². The number of anilines is 2. The molecule has 0 saturated carbocycles. The SMILES string of the molecule is Cc1ccc2[nH]c(=O)c(CN3CCN(c4cc(C)nc(N)n4)CC3)cc2c1. The number of rotatable bonds is 3. The van der Waals surface area contributed by atoms with Crippen LogP contribution in [0.2, 0.25) is 0 Å². The first-order valence-corrected chi connectivity index (χ1v) is 9.19. The second-order valence-electron chi connectivity index (χ2n) is 7.20. The lowest BCUT2D eigenvalue weighted by Crippen LogP contribution is -2.46. The Morgan fingerprint density at radius 2 is 1.85 bits per heavy atom. The zero-order chi connectivity index (χ0) is 19.0. The van der Waals surface area contributed by atoms with E-state index in [4.69, 9.17) is 5.73 Å². The van der Waals surface area contributed by atoms with E-state index in [9.17, 15) is 4.79 Å². The van der Waals surface area contributed by atoms with Crippen LogP contribution >= 0.6 is 0 Å². The van der Waals surface area contributed by atoms with Crippen LogP contribution < -0.4 is 16.2 Å². The van der Waals surface area contributed by atoms with Crippen LogP contribution in [0.1, 0.15) is 16.8 Å². The Balaban J connectivity index is 1.47. The van der Waals surface area contributed by atoms with Crippen LogP contribution in [0, 0.1) is 13.8 Å². The predicted octanol–water partition coefficient (Wildman–Crippen LogP) is 1.84. The molecule has 1 aliphatic rings. The van der Waals surface area contributed by atoms with Gasteiger partial charge in [0.2, 0.25) is 5.95 Å². The maximum atomic E-state index is 12.4. The molecule has 0 aliphatic carbocycles. The Kier molecular flexibility index (Phi) is 4.53. The minimum atomic E-state index is -0.00650. The van der Waals surface area contributed by atoms with Crippen molar-refractivity contribution in [1.29, 1.82) is 0 Å². The molecule has 1 fully saturated rings. The van der Waals surface area contributed by atoms with Crippen LogP contribution in [0.4, 0.5) is 11.8 Å². The zero-order valence-corrected chi connectivity index (χ0v) is 15.7. The molecule has 140 valence electrons. The average molecular weight is 364 g/mol. The van der Waals surface area contributed by atoms with Gasteiger partial charge in [0, 0.05) is 55.6 Å². The third kappa shape index (κ3) is 3.78. The molecule has 0 atom stereocenters. The summed E-state index contributed by atoms with van der Waals surface area (Å²) >= 11 is 0. The van der Waals surface area contributed by atoms with E-state index in [1.807, 2.05) is 31.2 Å². The summed E-state index contributed by atoms with van der Waals surface area (Å²) in [6.45, 7) is 8.07. The lowest BCUT2D eigenvalue weighted by atomic mass is 10.1. The van der Waals surface area contributed by atoms with Gasteiger partial charge in [0.1, 0.15) is 5.82 Å². The minimum Gasteiger partial charge on any atom is -0.368 e. The number of H-pyrrole nitrogens is 1. The predicted molar refractivity (Wildman–Crippen MR) is 108 cm³/mol. The Bertz CT molecular complexity index is 1020. The van der Waals surface area contributed by atoms with E-state index in [-0.39, 0.29) is 5.56 Å². The number of fused-ring (bicyclic) bond motifs is 1. The van der Waals surface area contributed by atoms with Crippen LogP contribution in [-0.2, 0) is 6.54 Å². The Labute approximate surface area is 157 Å². The number of piperazine rings is 1. The van der Waals surface area contributed by atoms with Crippen molar-refractivity contribution in [2.45, 2.75) is 20.4 Å².